The SMILES string of the molecule is O=[N+]([O-])c1ccc(-c2noc(C(F)(F)Cl)n2)cc1. The topological polar surface area (TPSA) is 82.1 Å². The molecule has 0 saturated carbocycles. The van der Waals surface area contributed by atoms with E-state index in [4.69, 9.17) is 11.6 Å². The van der Waals surface area contributed by atoms with Gasteiger partial charge < -0.3 is 4.52 Å². The summed E-state index contributed by atoms with van der Waals surface area (Å²) in [5.41, 5.74) is 0.168. The van der Waals surface area contributed by atoms with Crippen LogP contribution in [0.15, 0.2) is 28.8 Å². The van der Waals surface area contributed by atoms with E-state index in [-0.39, 0.29) is 11.5 Å². The van der Waals surface area contributed by atoms with Gasteiger partial charge in [-0.05, 0) is 23.7 Å². The molecule has 0 unspecified atom stereocenters. The van der Waals surface area contributed by atoms with Crippen LogP contribution in [0.1, 0.15) is 5.89 Å². The normalized spacial score (nSPS) is 11.5. The molecular weight excluding hydrogens is 272 g/mol. The monoisotopic (exact) mass is 275 g/mol. The summed E-state index contributed by atoms with van der Waals surface area (Å²) in [5, 5.41) is 9.99. The maximum absolute atomic E-state index is 12.6. The standard InChI is InChI=1S/C9H4ClF2N3O3/c10-9(11,12)8-13-7(14-18-8)5-1-3-6(4-2-5)15(16)17/h1-4H. The van der Waals surface area contributed by atoms with E-state index in [0.29, 0.717) is 5.56 Å². The van der Waals surface area contributed by atoms with E-state index in [2.05, 4.69) is 14.7 Å². The number of rotatable bonds is 3. The van der Waals surface area contributed by atoms with Gasteiger partial charge in [0.15, 0.2) is 0 Å². The summed E-state index contributed by atoms with van der Waals surface area (Å²) in [6.45, 7) is 0. The van der Waals surface area contributed by atoms with Crippen molar-refractivity contribution in [1.82, 2.24) is 10.1 Å². The molecule has 1 aromatic heterocycles. The van der Waals surface area contributed by atoms with Crippen LogP contribution in [0.5, 0.6) is 0 Å². The zero-order valence-corrected chi connectivity index (χ0v) is 9.27. The Kier molecular flexibility index (Phi) is 2.95. The molecule has 0 atom stereocenters. The third-order valence-electron chi connectivity index (χ3n) is 2.00. The Hall–Kier alpha value is -2.09. The molecule has 1 heterocycles. The van der Waals surface area contributed by atoms with Crippen LogP contribution in [0.3, 0.4) is 0 Å². The average Bonchev–Trinajstić information content (AvgIpc) is 2.78. The van der Waals surface area contributed by atoms with E-state index in [1.54, 1.807) is 0 Å². The van der Waals surface area contributed by atoms with Crippen molar-refractivity contribution in [2.24, 2.45) is 0 Å². The van der Waals surface area contributed by atoms with Gasteiger partial charge in [0.2, 0.25) is 5.82 Å². The minimum Gasteiger partial charge on any atom is -0.331 e. The lowest BCUT2D eigenvalue weighted by Crippen LogP contribution is -2.03. The summed E-state index contributed by atoms with van der Waals surface area (Å²) in [4.78, 5) is 13.2. The van der Waals surface area contributed by atoms with Gasteiger partial charge in [-0.15, -0.1) is 0 Å². The second-order valence-corrected chi connectivity index (χ2v) is 3.70. The molecule has 18 heavy (non-hydrogen) atoms. The molecule has 0 amide bonds. The van der Waals surface area contributed by atoms with E-state index in [9.17, 15) is 18.9 Å². The number of benzene rings is 1. The number of nitro groups is 1. The number of non-ortho nitro benzene ring substituents is 1. The quantitative estimate of drug-likeness (QED) is 0.488. The molecule has 6 nitrogen and oxygen atoms in total. The minimum atomic E-state index is -3.74. The molecule has 0 fully saturated rings. The molecular formula is C9H4ClF2N3O3. The summed E-state index contributed by atoms with van der Waals surface area (Å²) in [6.07, 6.45) is 0. The van der Waals surface area contributed by atoms with E-state index >= 15 is 0 Å². The lowest BCUT2D eigenvalue weighted by molar-refractivity contribution is -0.384. The number of alkyl halides is 3. The van der Waals surface area contributed by atoms with Gasteiger partial charge in [-0.2, -0.15) is 13.8 Å². The molecule has 1 aromatic carbocycles. The molecule has 9 heteroatoms. The van der Waals surface area contributed by atoms with Gasteiger partial charge in [-0.1, -0.05) is 5.16 Å². The van der Waals surface area contributed by atoms with Crippen LogP contribution in [-0.2, 0) is 5.38 Å². The van der Waals surface area contributed by atoms with Crippen LogP contribution in [0.2, 0.25) is 0 Å². The number of nitrogens with zero attached hydrogens (tertiary/aromatic N) is 3. The molecule has 0 aliphatic heterocycles. The summed E-state index contributed by atoms with van der Waals surface area (Å²) in [7, 11) is 0. The predicted octanol–water partition coefficient (Wildman–Crippen LogP) is 2.93. The van der Waals surface area contributed by atoms with E-state index in [1.165, 1.54) is 24.3 Å². The first-order valence-electron chi connectivity index (χ1n) is 4.53. The van der Waals surface area contributed by atoms with Gasteiger partial charge in [0.25, 0.3) is 5.69 Å². The van der Waals surface area contributed by atoms with Crippen molar-refractivity contribution in [1.29, 1.82) is 0 Å². The molecule has 0 bridgehead atoms. The van der Waals surface area contributed by atoms with Crippen LogP contribution in [0.4, 0.5) is 14.5 Å². The number of aromatic nitrogens is 2. The van der Waals surface area contributed by atoms with Crippen molar-refractivity contribution in [3.63, 3.8) is 0 Å². The molecule has 2 rings (SSSR count). The van der Waals surface area contributed by atoms with Crippen LogP contribution in [0.25, 0.3) is 11.4 Å². The van der Waals surface area contributed by atoms with Gasteiger partial charge in [-0.25, -0.2) is 0 Å². The fraction of sp³-hybridized carbons (Fsp3) is 0.111. The minimum absolute atomic E-state index is 0.125. The molecule has 0 aliphatic rings. The van der Waals surface area contributed by atoms with Crippen molar-refractivity contribution in [3.8, 4) is 11.4 Å². The Morgan fingerprint density at radius 2 is 1.94 bits per heavy atom. The average molecular weight is 276 g/mol. The number of nitro benzene ring substituents is 1. The highest BCUT2D eigenvalue weighted by Crippen LogP contribution is 2.32. The molecule has 0 radical (unpaired) electrons. The molecule has 0 spiro atoms. The highest BCUT2D eigenvalue weighted by molar-refractivity contribution is 6.21. The first-order valence-corrected chi connectivity index (χ1v) is 4.91. The summed E-state index contributed by atoms with van der Waals surface area (Å²) >= 11 is 4.71. The summed E-state index contributed by atoms with van der Waals surface area (Å²) in [6, 6.07) is 5.03. The van der Waals surface area contributed by atoms with Crippen LogP contribution < -0.4 is 0 Å². The molecule has 94 valence electrons. The van der Waals surface area contributed by atoms with Crippen molar-refractivity contribution >= 4 is 17.3 Å². The van der Waals surface area contributed by atoms with Gasteiger partial charge in [-0.3, -0.25) is 10.1 Å². The highest BCUT2D eigenvalue weighted by Gasteiger charge is 2.35. The Bertz CT molecular complexity index is 579. The Balaban J connectivity index is 2.32. The van der Waals surface area contributed by atoms with E-state index in [0.717, 1.165) is 0 Å². The van der Waals surface area contributed by atoms with Crippen LogP contribution in [-0.4, -0.2) is 15.1 Å². The van der Waals surface area contributed by atoms with Crippen molar-refractivity contribution in [2.45, 2.75) is 5.38 Å². The first kappa shape index (κ1) is 12.4. The number of halogens is 3. The zero-order valence-electron chi connectivity index (χ0n) is 8.51. The largest absolute Gasteiger partial charge is 0.400 e. The smallest absolute Gasteiger partial charge is 0.331 e. The van der Waals surface area contributed by atoms with Crippen molar-refractivity contribution in [3.05, 3.63) is 40.3 Å². The first-order chi connectivity index (χ1) is 8.38. The molecule has 0 saturated heterocycles. The zero-order chi connectivity index (χ0) is 13.3. The Morgan fingerprint density at radius 3 is 2.39 bits per heavy atom. The Morgan fingerprint density at radius 1 is 1.33 bits per heavy atom. The molecule has 2 aromatic rings. The van der Waals surface area contributed by atoms with Gasteiger partial charge in [0.1, 0.15) is 0 Å². The lowest BCUT2D eigenvalue weighted by atomic mass is 10.2. The summed E-state index contributed by atoms with van der Waals surface area (Å²) in [5.74, 6) is -1.15. The predicted molar refractivity (Wildman–Crippen MR) is 56.1 cm³/mol. The fourth-order valence-corrected chi connectivity index (χ4v) is 1.26. The maximum atomic E-state index is 12.6. The lowest BCUT2D eigenvalue weighted by Gasteiger charge is -1.98. The third-order valence-corrected chi connectivity index (χ3v) is 2.17. The van der Waals surface area contributed by atoms with Gasteiger partial charge in [0, 0.05) is 17.7 Å². The molecule has 0 aliphatic carbocycles. The second-order valence-electron chi connectivity index (χ2n) is 3.22. The van der Waals surface area contributed by atoms with E-state index < -0.39 is 16.2 Å². The number of hydrogen-bond donors (Lipinski definition) is 0. The maximum Gasteiger partial charge on any atom is 0.400 e. The van der Waals surface area contributed by atoms with Crippen LogP contribution >= 0.6 is 11.6 Å². The van der Waals surface area contributed by atoms with Crippen molar-refractivity contribution in [2.75, 3.05) is 0 Å². The Labute approximate surface area is 103 Å². The van der Waals surface area contributed by atoms with Crippen LogP contribution in [0, 0.1) is 10.1 Å². The highest BCUT2D eigenvalue weighted by atomic mass is 35.5. The fourth-order valence-electron chi connectivity index (χ4n) is 1.19. The van der Waals surface area contributed by atoms with E-state index in [1.807, 2.05) is 0 Å². The van der Waals surface area contributed by atoms with Gasteiger partial charge in [0.05, 0.1) is 4.92 Å². The number of hydrogen-bond acceptors (Lipinski definition) is 5. The second kappa shape index (κ2) is 4.30. The van der Waals surface area contributed by atoms with Crippen molar-refractivity contribution < 1.29 is 18.2 Å². The van der Waals surface area contributed by atoms with Gasteiger partial charge >= 0.3 is 11.3 Å². The summed E-state index contributed by atoms with van der Waals surface area (Å²) < 4.78 is 29.6. The molecule has 0 N–H and O–H groups in total. The third kappa shape index (κ3) is 2.43.